The Labute approximate surface area is 155 Å². The van der Waals surface area contributed by atoms with E-state index in [0.717, 1.165) is 0 Å². The van der Waals surface area contributed by atoms with Crippen LogP contribution in [0.25, 0.3) is 0 Å². The Hall–Kier alpha value is -2.79. The summed E-state index contributed by atoms with van der Waals surface area (Å²) in [4.78, 5) is 46.9. The molecule has 146 valence electrons. The van der Waals surface area contributed by atoms with Gasteiger partial charge in [-0.3, -0.25) is 19.2 Å². The molecule has 1 aromatic carbocycles. The van der Waals surface area contributed by atoms with Crippen LogP contribution in [-0.4, -0.2) is 49.5 Å². The van der Waals surface area contributed by atoms with E-state index in [9.17, 15) is 27.6 Å². The molecule has 2 rings (SSSR count). The first kappa shape index (κ1) is 20.5. The predicted octanol–water partition coefficient (Wildman–Crippen LogP) is 0.846. The van der Waals surface area contributed by atoms with Gasteiger partial charge in [0.1, 0.15) is 0 Å². The van der Waals surface area contributed by atoms with Crippen LogP contribution in [0.4, 0.5) is 5.69 Å². The Morgan fingerprint density at radius 2 is 1.81 bits per heavy atom. The van der Waals surface area contributed by atoms with Gasteiger partial charge in [0.2, 0.25) is 5.91 Å². The van der Waals surface area contributed by atoms with Crippen molar-refractivity contribution in [2.45, 2.75) is 26.7 Å². The van der Waals surface area contributed by atoms with Crippen LogP contribution in [0.5, 0.6) is 0 Å². The number of hydrogen-bond acceptors (Lipinski definition) is 8. The molecular formula is C16H18N2O8S. The van der Waals surface area contributed by atoms with Gasteiger partial charge < -0.3 is 10.1 Å². The van der Waals surface area contributed by atoms with Gasteiger partial charge >= 0.3 is 5.97 Å². The van der Waals surface area contributed by atoms with Crippen molar-refractivity contribution in [1.82, 2.24) is 5.06 Å². The zero-order valence-corrected chi connectivity index (χ0v) is 15.5. The maximum atomic E-state index is 12.3. The average Bonchev–Trinajstić information content (AvgIpc) is 2.83. The minimum Gasteiger partial charge on any atom is -0.466 e. The molecule has 0 unspecified atom stereocenters. The lowest BCUT2D eigenvalue weighted by Crippen LogP contribution is -2.33. The van der Waals surface area contributed by atoms with Crippen LogP contribution in [0, 0.1) is 0 Å². The number of carbonyl (C=O) groups is 4. The normalized spacial score (nSPS) is 13.5. The van der Waals surface area contributed by atoms with E-state index in [1.165, 1.54) is 32.0 Å². The number of esters is 1. The summed E-state index contributed by atoms with van der Waals surface area (Å²) >= 11 is 0. The molecule has 1 aliphatic heterocycles. The summed E-state index contributed by atoms with van der Waals surface area (Å²) in [5, 5.41) is 2.74. The third-order valence-corrected chi connectivity index (χ3v) is 4.61. The highest BCUT2D eigenvalue weighted by Gasteiger charge is 2.39. The highest BCUT2D eigenvalue weighted by molar-refractivity contribution is 7.86. The lowest BCUT2D eigenvalue weighted by atomic mass is 10.1. The number of fused-ring (bicyclic) bond motifs is 1. The van der Waals surface area contributed by atoms with Crippen molar-refractivity contribution < 1.29 is 36.6 Å². The first-order chi connectivity index (χ1) is 12.6. The Morgan fingerprint density at radius 1 is 1.15 bits per heavy atom. The van der Waals surface area contributed by atoms with E-state index >= 15 is 0 Å². The zero-order valence-electron chi connectivity index (χ0n) is 14.7. The zero-order chi connectivity index (χ0) is 20.2. The summed E-state index contributed by atoms with van der Waals surface area (Å²) in [5.41, 5.74) is 0.149. The van der Waals surface area contributed by atoms with Crippen LogP contribution in [0.3, 0.4) is 0 Å². The van der Waals surface area contributed by atoms with E-state index in [2.05, 4.69) is 9.60 Å². The lowest BCUT2D eigenvalue weighted by molar-refractivity contribution is -0.141. The van der Waals surface area contributed by atoms with Crippen LogP contribution in [0.2, 0.25) is 0 Å². The number of hydroxylamine groups is 2. The Balaban J connectivity index is 2.05. The number of nitrogens with one attached hydrogen (secondary N) is 1. The predicted molar refractivity (Wildman–Crippen MR) is 92.0 cm³/mol. The number of nitrogens with zero attached hydrogens (tertiary/aromatic N) is 1. The first-order valence-electron chi connectivity index (χ1n) is 8.03. The molecule has 1 aromatic rings. The number of ether oxygens (including phenoxy) is 1. The number of hydrogen-bond donors (Lipinski definition) is 1. The fraction of sp³-hybridized carbons (Fsp3) is 0.375. The number of rotatable bonds is 8. The van der Waals surface area contributed by atoms with Gasteiger partial charge in [0, 0.05) is 19.0 Å². The molecule has 0 radical (unpaired) electrons. The molecule has 3 amide bonds. The van der Waals surface area contributed by atoms with Gasteiger partial charge in [-0.15, -0.1) is 9.35 Å². The van der Waals surface area contributed by atoms with Crippen LogP contribution >= 0.6 is 0 Å². The Bertz CT molecular complexity index is 894. The minimum absolute atomic E-state index is 0.0286. The molecule has 1 N–H and O–H groups in total. The standard InChI is InChI=1S/C16H18N2O8S/c1-3-27(23,24)26-18-15(21)12-7-6-11(9-13(12)16(18)22)17-14(20)5-4-8-25-10(2)19/h6-7,9H,3-5,8H2,1-2H3,(H,17,20). The van der Waals surface area contributed by atoms with Gasteiger partial charge in [0.25, 0.3) is 21.9 Å². The molecule has 0 aliphatic carbocycles. The van der Waals surface area contributed by atoms with Crippen molar-refractivity contribution in [3.8, 4) is 0 Å². The molecule has 27 heavy (non-hydrogen) atoms. The fourth-order valence-corrected chi connectivity index (χ4v) is 2.67. The highest BCUT2D eigenvalue weighted by Crippen LogP contribution is 2.27. The van der Waals surface area contributed by atoms with Crippen molar-refractivity contribution in [3.63, 3.8) is 0 Å². The topological polar surface area (TPSA) is 136 Å². The molecule has 0 saturated heterocycles. The second-order valence-corrected chi connectivity index (χ2v) is 7.42. The van der Waals surface area contributed by atoms with E-state index in [0.29, 0.717) is 6.42 Å². The summed E-state index contributed by atoms with van der Waals surface area (Å²) < 4.78 is 32.3. The smallest absolute Gasteiger partial charge is 0.302 e. The molecule has 0 bridgehead atoms. The van der Waals surface area contributed by atoms with Gasteiger partial charge in [0.15, 0.2) is 0 Å². The van der Waals surface area contributed by atoms with Crippen LogP contribution in [-0.2, 0) is 28.7 Å². The van der Waals surface area contributed by atoms with E-state index < -0.39 is 33.7 Å². The molecule has 1 heterocycles. The van der Waals surface area contributed by atoms with Crippen molar-refractivity contribution in [1.29, 1.82) is 0 Å². The highest BCUT2D eigenvalue weighted by atomic mass is 32.2. The summed E-state index contributed by atoms with van der Waals surface area (Å²) in [5.74, 6) is -3.05. The SMILES string of the molecule is CCS(=O)(=O)ON1C(=O)c2ccc(NC(=O)CCCOC(C)=O)cc2C1=O. The Kier molecular flexibility index (Phi) is 6.28. The summed E-state index contributed by atoms with van der Waals surface area (Å²) in [7, 11) is -4.06. The third kappa shape index (κ3) is 5.11. The monoisotopic (exact) mass is 398 g/mol. The largest absolute Gasteiger partial charge is 0.466 e. The maximum absolute atomic E-state index is 12.3. The van der Waals surface area contributed by atoms with Gasteiger partial charge in [-0.25, -0.2) is 0 Å². The first-order valence-corrected chi connectivity index (χ1v) is 9.60. The van der Waals surface area contributed by atoms with Crippen molar-refractivity contribution in [2.75, 3.05) is 17.7 Å². The van der Waals surface area contributed by atoms with E-state index in [1.54, 1.807) is 0 Å². The quantitative estimate of drug-likeness (QED) is 0.387. The number of imide groups is 1. The number of anilines is 1. The summed E-state index contributed by atoms with van der Waals surface area (Å²) in [6.45, 7) is 2.68. The van der Waals surface area contributed by atoms with Gasteiger partial charge in [-0.2, -0.15) is 8.42 Å². The van der Waals surface area contributed by atoms with Crippen LogP contribution in [0.15, 0.2) is 18.2 Å². The molecule has 11 heteroatoms. The van der Waals surface area contributed by atoms with Crippen molar-refractivity contribution in [3.05, 3.63) is 29.3 Å². The molecular weight excluding hydrogens is 380 g/mol. The molecule has 0 fully saturated rings. The Morgan fingerprint density at radius 3 is 2.44 bits per heavy atom. The summed E-state index contributed by atoms with van der Waals surface area (Å²) in [6, 6.07) is 3.97. The van der Waals surface area contributed by atoms with E-state index in [4.69, 9.17) is 4.74 Å². The van der Waals surface area contributed by atoms with Gasteiger partial charge in [-0.05, 0) is 31.5 Å². The molecule has 1 aliphatic rings. The maximum Gasteiger partial charge on any atom is 0.302 e. The van der Waals surface area contributed by atoms with Crippen LogP contribution in [0.1, 0.15) is 47.4 Å². The van der Waals surface area contributed by atoms with E-state index in [1.807, 2.05) is 0 Å². The fourth-order valence-electron chi connectivity index (χ4n) is 2.20. The summed E-state index contributed by atoms with van der Waals surface area (Å²) in [6.07, 6.45) is 0.408. The second-order valence-electron chi connectivity index (χ2n) is 5.58. The van der Waals surface area contributed by atoms with E-state index in [-0.39, 0.29) is 40.8 Å². The lowest BCUT2D eigenvalue weighted by Gasteiger charge is -2.11. The van der Waals surface area contributed by atoms with Crippen molar-refractivity contribution in [2.24, 2.45) is 0 Å². The number of carbonyl (C=O) groups excluding carboxylic acids is 4. The molecule has 0 spiro atoms. The van der Waals surface area contributed by atoms with Gasteiger partial charge in [-0.1, -0.05) is 0 Å². The molecule has 0 saturated carbocycles. The third-order valence-electron chi connectivity index (χ3n) is 3.53. The van der Waals surface area contributed by atoms with Crippen molar-refractivity contribution >= 4 is 39.5 Å². The number of amides is 3. The van der Waals surface area contributed by atoms with Gasteiger partial charge in [0.05, 0.1) is 23.5 Å². The minimum atomic E-state index is -4.06. The number of benzene rings is 1. The molecule has 0 atom stereocenters. The van der Waals surface area contributed by atoms with Crippen LogP contribution < -0.4 is 5.32 Å². The second kappa shape index (κ2) is 8.27. The molecule has 10 nitrogen and oxygen atoms in total. The average molecular weight is 398 g/mol. The molecule has 0 aromatic heterocycles.